The number of alkyl carbamates (subject to hydrolysis) is 1. The van der Waals surface area contributed by atoms with Crippen LogP contribution in [0.3, 0.4) is 0 Å². The largest absolute Gasteiger partial charge is 0.464 e. The van der Waals surface area contributed by atoms with Gasteiger partial charge in [-0.2, -0.15) is 0 Å². The lowest BCUT2D eigenvalue weighted by Gasteiger charge is -2.23. The molecule has 1 N–H and O–H groups in total. The third-order valence-electron chi connectivity index (χ3n) is 3.85. The fraction of sp³-hybridized carbons (Fsp3) is 0.591. The van der Waals surface area contributed by atoms with Gasteiger partial charge in [-0.15, -0.1) is 0 Å². The number of unbranched alkanes of at least 4 members (excludes halogenated alkanes) is 2. The second-order valence-corrected chi connectivity index (χ2v) is 7.76. The maximum Gasteiger partial charge on any atom is 0.408 e. The molecule has 1 aromatic carbocycles. The van der Waals surface area contributed by atoms with E-state index in [1.165, 1.54) is 0 Å². The second-order valence-electron chi connectivity index (χ2n) is 7.76. The fourth-order valence-corrected chi connectivity index (χ4v) is 2.40. The Labute approximate surface area is 173 Å². The van der Waals surface area contributed by atoms with Crippen molar-refractivity contribution in [2.24, 2.45) is 0 Å². The summed E-state index contributed by atoms with van der Waals surface area (Å²) in [7, 11) is 0. The molecule has 0 aliphatic rings. The SMILES string of the molecule is CCCCCOC(=O)[C@H](CCC(=O)OCc1ccccc1)NC(=O)OC(C)(C)C. The lowest BCUT2D eigenvalue weighted by molar-refractivity contribution is -0.148. The van der Waals surface area contributed by atoms with Gasteiger partial charge in [0.2, 0.25) is 0 Å². The normalized spacial score (nSPS) is 12.0. The number of hydrogen-bond donors (Lipinski definition) is 1. The van der Waals surface area contributed by atoms with Crippen molar-refractivity contribution < 1.29 is 28.6 Å². The van der Waals surface area contributed by atoms with Crippen LogP contribution in [0.15, 0.2) is 30.3 Å². The fourth-order valence-electron chi connectivity index (χ4n) is 2.40. The van der Waals surface area contributed by atoms with Crippen LogP contribution in [0.4, 0.5) is 4.79 Å². The summed E-state index contributed by atoms with van der Waals surface area (Å²) in [5, 5.41) is 2.50. The molecule has 1 aromatic rings. The minimum Gasteiger partial charge on any atom is -0.464 e. The summed E-state index contributed by atoms with van der Waals surface area (Å²) in [6, 6.07) is 8.33. The molecular formula is C22H33NO6. The van der Waals surface area contributed by atoms with Gasteiger partial charge in [0.25, 0.3) is 0 Å². The van der Waals surface area contributed by atoms with Crippen LogP contribution in [0.25, 0.3) is 0 Å². The number of benzene rings is 1. The summed E-state index contributed by atoms with van der Waals surface area (Å²) in [5.41, 5.74) is 0.175. The molecule has 162 valence electrons. The summed E-state index contributed by atoms with van der Waals surface area (Å²) in [4.78, 5) is 36.4. The Hall–Kier alpha value is -2.57. The highest BCUT2D eigenvalue weighted by Crippen LogP contribution is 2.10. The first kappa shape index (κ1) is 24.5. The number of carbonyl (C=O) groups excluding carboxylic acids is 3. The molecule has 0 heterocycles. The van der Waals surface area contributed by atoms with E-state index in [-0.39, 0.29) is 26.1 Å². The zero-order chi connectivity index (χ0) is 21.7. The first-order chi connectivity index (χ1) is 13.7. The van der Waals surface area contributed by atoms with E-state index in [9.17, 15) is 14.4 Å². The molecule has 0 aromatic heterocycles. The van der Waals surface area contributed by atoms with Crippen molar-refractivity contribution in [2.75, 3.05) is 6.61 Å². The average Bonchev–Trinajstić information content (AvgIpc) is 2.66. The number of amides is 1. The molecule has 0 unspecified atom stereocenters. The van der Waals surface area contributed by atoms with E-state index in [1.54, 1.807) is 20.8 Å². The highest BCUT2D eigenvalue weighted by molar-refractivity contribution is 5.82. The van der Waals surface area contributed by atoms with Gasteiger partial charge in [-0.05, 0) is 39.2 Å². The van der Waals surface area contributed by atoms with Crippen LogP contribution in [0.2, 0.25) is 0 Å². The topological polar surface area (TPSA) is 90.9 Å². The number of carbonyl (C=O) groups is 3. The van der Waals surface area contributed by atoms with Gasteiger partial charge in [0.1, 0.15) is 18.2 Å². The van der Waals surface area contributed by atoms with Crippen LogP contribution in [0.5, 0.6) is 0 Å². The van der Waals surface area contributed by atoms with Gasteiger partial charge in [-0.1, -0.05) is 50.1 Å². The zero-order valence-electron chi connectivity index (χ0n) is 17.9. The van der Waals surface area contributed by atoms with Crippen LogP contribution in [0.1, 0.15) is 65.4 Å². The van der Waals surface area contributed by atoms with Gasteiger partial charge in [0, 0.05) is 6.42 Å². The number of nitrogens with one attached hydrogen (secondary N) is 1. The standard InChI is InChI=1S/C22H33NO6/c1-5-6-10-15-27-20(25)18(23-21(26)29-22(2,3)4)13-14-19(24)28-16-17-11-8-7-9-12-17/h7-9,11-12,18H,5-6,10,13-16H2,1-4H3,(H,23,26)/t18-/m0/s1. The third kappa shape index (κ3) is 11.8. The van der Waals surface area contributed by atoms with Gasteiger partial charge >= 0.3 is 18.0 Å². The Morgan fingerprint density at radius 2 is 1.72 bits per heavy atom. The van der Waals surface area contributed by atoms with E-state index in [0.717, 1.165) is 24.8 Å². The molecule has 1 rings (SSSR count). The lowest BCUT2D eigenvalue weighted by Crippen LogP contribution is -2.44. The lowest BCUT2D eigenvalue weighted by atomic mass is 10.1. The van der Waals surface area contributed by atoms with Crippen molar-refractivity contribution in [1.29, 1.82) is 0 Å². The molecular weight excluding hydrogens is 374 g/mol. The predicted molar refractivity (Wildman–Crippen MR) is 109 cm³/mol. The molecule has 1 amide bonds. The molecule has 0 bridgehead atoms. The van der Waals surface area contributed by atoms with Crippen molar-refractivity contribution in [3.63, 3.8) is 0 Å². The van der Waals surface area contributed by atoms with Crippen molar-refractivity contribution in [3.05, 3.63) is 35.9 Å². The molecule has 0 saturated carbocycles. The van der Waals surface area contributed by atoms with Crippen molar-refractivity contribution in [3.8, 4) is 0 Å². The Bertz CT molecular complexity index is 638. The van der Waals surface area contributed by atoms with Crippen LogP contribution in [-0.2, 0) is 30.4 Å². The highest BCUT2D eigenvalue weighted by atomic mass is 16.6. The van der Waals surface area contributed by atoms with Crippen molar-refractivity contribution in [2.45, 2.75) is 78.0 Å². The molecule has 0 fully saturated rings. The van der Waals surface area contributed by atoms with Gasteiger partial charge in [0.05, 0.1) is 6.61 Å². The predicted octanol–water partition coefficient (Wildman–Crippen LogP) is 4.14. The quantitative estimate of drug-likeness (QED) is 0.337. The van der Waals surface area contributed by atoms with Gasteiger partial charge in [-0.3, -0.25) is 4.79 Å². The first-order valence-electron chi connectivity index (χ1n) is 10.1. The highest BCUT2D eigenvalue weighted by Gasteiger charge is 2.26. The Morgan fingerprint density at radius 1 is 1.03 bits per heavy atom. The van der Waals surface area contributed by atoms with E-state index in [0.29, 0.717) is 0 Å². The molecule has 0 aliphatic heterocycles. The zero-order valence-corrected chi connectivity index (χ0v) is 17.9. The van der Waals surface area contributed by atoms with E-state index in [4.69, 9.17) is 14.2 Å². The van der Waals surface area contributed by atoms with Gasteiger partial charge in [-0.25, -0.2) is 9.59 Å². The van der Waals surface area contributed by atoms with Gasteiger partial charge in [0.15, 0.2) is 0 Å². The van der Waals surface area contributed by atoms with Crippen LogP contribution in [0, 0.1) is 0 Å². The number of rotatable bonds is 11. The van der Waals surface area contributed by atoms with Crippen LogP contribution < -0.4 is 5.32 Å². The molecule has 7 heteroatoms. The van der Waals surface area contributed by atoms with Crippen molar-refractivity contribution >= 4 is 18.0 Å². The number of hydrogen-bond acceptors (Lipinski definition) is 6. The first-order valence-corrected chi connectivity index (χ1v) is 10.1. The van der Waals surface area contributed by atoms with Crippen LogP contribution >= 0.6 is 0 Å². The minimum atomic E-state index is -0.976. The number of esters is 2. The van der Waals surface area contributed by atoms with E-state index in [2.05, 4.69) is 12.2 Å². The maximum atomic E-state index is 12.4. The molecule has 0 spiro atoms. The molecule has 7 nitrogen and oxygen atoms in total. The smallest absolute Gasteiger partial charge is 0.408 e. The molecule has 29 heavy (non-hydrogen) atoms. The molecule has 0 radical (unpaired) electrons. The molecule has 0 aliphatic carbocycles. The Balaban J connectivity index is 2.55. The van der Waals surface area contributed by atoms with Crippen LogP contribution in [-0.4, -0.2) is 36.3 Å². The summed E-state index contributed by atoms with van der Waals surface area (Å²) in [5.74, 6) is -1.04. The summed E-state index contributed by atoms with van der Waals surface area (Å²) in [6.07, 6.45) is 2.01. The van der Waals surface area contributed by atoms with Crippen molar-refractivity contribution in [1.82, 2.24) is 5.32 Å². The third-order valence-corrected chi connectivity index (χ3v) is 3.85. The van der Waals surface area contributed by atoms with Gasteiger partial charge < -0.3 is 19.5 Å². The molecule has 1 atom stereocenters. The van der Waals surface area contributed by atoms with E-state index < -0.39 is 29.7 Å². The van der Waals surface area contributed by atoms with E-state index in [1.807, 2.05) is 30.3 Å². The summed E-state index contributed by atoms with van der Waals surface area (Å²) >= 11 is 0. The Kier molecular flexibility index (Phi) is 10.8. The summed E-state index contributed by atoms with van der Waals surface area (Å²) in [6.45, 7) is 7.67. The monoisotopic (exact) mass is 407 g/mol. The minimum absolute atomic E-state index is 0.0304. The number of ether oxygens (including phenoxy) is 3. The Morgan fingerprint density at radius 3 is 2.34 bits per heavy atom. The maximum absolute atomic E-state index is 12.4. The molecule has 0 saturated heterocycles. The second kappa shape index (κ2) is 12.8. The summed E-state index contributed by atoms with van der Waals surface area (Å²) < 4.78 is 15.7. The van der Waals surface area contributed by atoms with E-state index >= 15 is 0 Å². The average molecular weight is 408 g/mol.